The Kier molecular flexibility index (Phi) is 7.15. The lowest BCUT2D eigenvalue weighted by Gasteiger charge is -2.16. The molecular weight excluding hydrogens is 486 g/mol. The summed E-state index contributed by atoms with van der Waals surface area (Å²) in [6.07, 6.45) is 3.99. The average molecular weight is 518 g/mol. The minimum Gasteiger partial charge on any atom is -0.493 e. The standard InChI is InChI=1S/C28H31N5O5/c1-17-6-4-11-33-25(17)31-26-21(28(33)35)15-20(27(34)30-16-19-7-5-13-38-19)24(29)32(26)12-10-18-8-9-22(36-2)23(14-18)37-3/h4,6,8-9,11,14-15,19,29H,5,7,10,12-13,16H2,1-3H3,(H,30,34)/t19-/m1/s1. The van der Waals surface area contributed by atoms with Crippen LogP contribution in [0.2, 0.25) is 0 Å². The minimum absolute atomic E-state index is 0.00680. The molecule has 0 saturated carbocycles. The van der Waals surface area contributed by atoms with Gasteiger partial charge in [-0.05, 0) is 61.6 Å². The Morgan fingerprint density at radius 2 is 2.00 bits per heavy atom. The number of carbonyl (C=O) groups is 1. The molecule has 10 nitrogen and oxygen atoms in total. The summed E-state index contributed by atoms with van der Waals surface area (Å²) < 4.78 is 19.5. The highest BCUT2D eigenvalue weighted by atomic mass is 16.5. The first kappa shape index (κ1) is 25.5. The summed E-state index contributed by atoms with van der Waals surface area (Å²) in [5.74, 6) is 0.810. The molecule has 0 aliphatic carbocycles. The van der Waals surface area contributed by atoms with E-state index >= 15 is 0 Å². The van der Waals surface area contributed by atoms with E-state index in [0.717, 1.165) is 24.0 Å². The SMILES string of the molecule is COc1ccc(CCn2c(=N)c(C(=O)NC[C@H]3CCCO3)cc3c(=O)n4cccc(C)c4nc32)cc1OC. The van der Waals surface area contributed by atoms with E-state index < -0.39 is 5.91 Å². The predicted molar refractivity (Wildman–Crippen MR) is 142 cm³/mol. The van der Waals surface area contributed by atoms with Gasteiger partial charge in [-0.2, -0.15) is 0 Å². The van der Waals surface area contributed by atoms with E-state index in [2.05, 4.69) is 5.32 Å². The first-order valence-electron chi connectivity index (χ1n) is 12.6. The quantitative estimate of drug-likeness (QED) is 0.347. The Bertz CT molecular complexity index is 1640. The Morgan fingerprint density at radius 3 is 2.74 bits per heavy atom. The smallest absolute Gasteiger partial charge is 0.267 e. The van der Waals surface area contributed by atoms with Gasteiger partial charge in [0.05, 0.1) is 31.3 Å². The van der Waals surface area contributed by atoms with E-state index in [4.69, 9.17) is 24.6 Å². The van der Waals surface area contributed by atoms with Crippen LogP contribution in [0.4, 0.5) is 0 Å². The predicted octanol–water partition coefficient (Wildman–Crippen LogP) is 2.61. The third kappa shape index (κ3) is 4.74. The topological polar surface area (TPSA) is 120 Å². The molecular formula is C28H31N5O5. The molecule has 10 heteroatoms. The minimum atomic E-state index is -0.416. The Balaban J connectivity index is 1.60. The highest BCUT2D eigenvalue weighted by Gasteiger charge is 2.21. The molecule has 3 aromatic heterocycles. The van der Waals surface area contributed by atoms with E-state index in [1.807, 2.05) is 31.2 Å². The molecule has 0 bridgehead atoms. The van der Waals surface area contributed by atoms with Gasteiger partial charge in [0.25, 0.3) is 11.5 Å². The molecule has 1 saturated heterocycles. The maximum absolute atomic E-state index is 13.5. The molecule has 198 valence electrons. The fourth-order valence-corrected chi connectivity index (χ4v) is 4.87. The lowest BCUT2D eigenvalue weighted by molar-refractivity contribution is 0.0856. The number of ether oxygens (including phenoxy) is 3. The van der Waals surface area contributed by atoms with Gasteiger partial charge in [0.1, 0.15) is 16.8 Å². The van der Waals surface area contributed by atoms with Crippen molar-refractivity contribution in [2.24, 2.45) is 0 Å². The number of nitrogens with zero attached hydrogens (tertiary/aromatic N) is 3. The molecule has 1 aliphatic heterocycles. The van der Waals surface area contributed by atoms with Crippen LogP contribution < -0.4 is 25.8 Å². The highest BCUT2D eigenvalue weighted by Crippen LogP contribution is 2.28. The number of aromatic nitrogens is 3. The van der Waals surface area contributed by atoms with E-state index in [0.29, 0.717) is 48.9 Å². The Hall–Kier alpha value is -4.18. The van der Waals surface area contributed by atoms with Crippen molar-refractivity contribution in [1.29, 1.82) is 5.41 Å². The lowest BCUT2D eigenvalue weighted by Crippen LogP contribution is -2.38. The van der Waals surface area contributed by atoms with Gasteiger partial charge in [0.15, 0.2) is 11.5 Å². The molecule has 38 heavy (non-hydrogen) atoms. The van der Waals surface area contributed by atoms with Gasteiger partial charge in [-0.15, -0.1) is 0 Å². The van der Waals surface area contributed by atoms with Crippen LogP contribution in [-0.2, 0) is 17.7 Å². The highest BCUT2D eigenvalue weighted by molar-refractivity contribution is 5.96. The second kappa shape index (κ2) is 10.7. The van der Waals surface area contributed by atoms with Gasteiger partial charge < -0.3 is 24.1 Å². The zero-order valence-corrected chi connectivity index (χ0v) is 21.7. The van der Waals surface area contributed by atoms with Crippen LogP contribution in [0.15, 0.2) is 47.4 Å². The van der Waals surface area contributed by atoms with Gasteiger partial charge in [0, 0.05) is 25.9 Å². The number of methoxy groups -OCH3 is 2. The van der Waals surface area contributed by atoms with Gasteiger partial charge in [0.2, 0.25) is 0 Å². The maximum atomic E-state index is 13.5. The number of hydrogen-bond donors (Lipinski definition) is 2. The Labute approximate surface area is 219 Å². The van der Waals surface area contributed by atoms with Gasteiger partial charge >= 0.3 is 0 Å². The first-order chi connectivity index (χ1) is 18.4. The van der Waals surface area contributed by atoms with Crippen molar-refractivity contribution < 1.29 is 19.0 Å². The van der Waals surface area contributed by atoms with E-state index in [1.165, 1.54) is 10.5 Å². The molecule has 1 aromatic carbocycles. The molecule has 2 N–H and O–H groups in total. The van der Waals surface area contributed by atoms with Crippen LogP contribution >= 0.6 is 0 Å². The number of aryl methyl sites for hydroxylation is 3. The van der Waals surface area contributed by atoms with Crippen LogP contribution in [0.5, 0.6) is 11.5 Å². The molecule has 1 fully saturated rings. The number of benzene rings is 1. The first-order valence-corrected chi connectivity index (χ1v) is 12.6. The average Bonchev–Trinajstić information content (AvgIpc) is 3.45. The lowest BCUT2D eigenvalue weighted by atomic mass is 10.1. The number of rotatable bonds is 8. The third-order valence-corrected chi connectivity index (χ3v) is 6.96. The third-order valence-electron chi connectivity index (χ3n) is 6.96. The molecule has 1 aliphatic rings. The summed E-state index contributed by atoms with van der Waals surface area (Å²) in [5, 5.41) is 12.1. The summed E-state index contributed by atoms with van der Waals surface area (Å²) in [6, 6.07) is 10.8. The molecule has 1 atom stereocenters. The monoisotopic (exact) mass is 517 g/mol. The maximum Gasteiger partial charge on any atom is 0.267 e. The van der Waals surface area contributed by atoms with Gasteiger partial charge in [-0.1, -0.05) is 12.1 Å². The number of fused-ring (bicyclic) bond motifs is 2. The van der Waals surface area contributed by atoms with Crippen molar-refractivity contribution in [3.05, 3.63) is 75.1 Å². The molecule has 4 heterocycles. The summed E-state index contributed by atoms with van der Waals surface area (Å²) in [7, 11) is 3.16. The second-order valence-corrected chi connectivity index (χ2v) is 9.38. The fourth-order valence-electron chi connectivity index (χ4n) is 4.87. The second-order valence-electron chi connectivity index (χ2n) is 9.38. The van der Waals surface area contributed by atoms with Crippen LogP contribution in [0, 0.1) is 12.3 Å². The molecule has 0 radical (unpaired) electrons. The molecule has 4 aromatic rings. The van der Waals surface area contributed by atoms with Crippen molar-refractivity contribution in [3.8, 4) is 11.5 Å². The van der Waals surface area contributed by atoms with Crippen molar-refractivity contribution in [2.45, 2.75) is 38.8 Å². The summed E-state index contributed by atoms with van der Waals surface area (Å²) in [4.78, 5) is 31.5. The zero-order chi connectivity index (χ0) is 26.8. The fraction of sp³-hybridized carbons (Fsp3) is 0.357. The van der Waals surface area contributed by atoms with Crippen LogP contribution in [-0.4, -0.2) is 53.3 Å². The normalized spacial score (nSPS) is 15.2. The molecule has 1 amide bonds. The zero-order valence-electron chi connectivity index (χ0n) is 21.7. The van der Waals surface area contributed by atoms with Gasteiger partial charge in [-0.25, -0.2) is 4.98 Å². The van der Waals surface area contributed by atoms with Crippen LogP contribution in [0.1, 0.15) is 34.3 Å². The summed E-state index contributed by atoms with van der Waals surface area (Å²) in [6.45, 7) is 3.25. The van der Waals surface area contributed by atoms with Gasteiger partial charge in [-0.3, -0.25) is 19.4 Å². The molecule has 0 spiro atoms. The van der Waals surface area contributed by atoms with Crippen molar-refractivity contribution in [1.82, 2.24) is 19.3 Å². The van der Waals surface area contributed by atoms with Crippen molar-refractivity contribution in [3.63, 3.8) is 0 Å². The van der Waals surface area contributed by atoms with E-state index in [-0.39, 0.29) is 28.1 Å². The molecule has 5 rings (SSSR count). The Morgan fingerprint density at radius 1 is 1.18 bits per heavy atom. The number of carbonyl (C=O) groups excluding carboxylic acids is 1. The van der Waals surface area contributed by atoms with E-state index in [1.54, 1.807) is 31.0 Å². The summed E-state index contributed by atoms with van der Waals surface area (Å²) in [5.41, 5.74) is 2.49. The summed E-state index contributed by atoms with van der Waals surface area (Å²) >= 11 is 0. The van der Waals surface area contributed by atoms with Crippen molar-refractivity contribution in [2.75, 3.05) is 27.4 Å². The van der Waals surface area contributed by atoms with Crippen LogP contribution in [0.25, 0.3) is 16.7 Å². The number of nitrogens with one attached hydrogen (secondary N) is 2. The number of pyridine rings is 2. The van der Waals surface area contributed by atoms with Crippen LogP contribution in [0.3, 0.4) is 0 Å². The van der Waals surface area contributed by atoms with E-state index in [9.17, 15) is 9.59 Å². The number of amides is 1. The largest absolute Gasteiger partial charge is 0.493 e. The number of hydrogen-bond acceptors (Lipinski definition) is 7. The molecule has 0 unspecified atom stereocenters. The van der Waals surface area contributed by atoms with Crippen molar-refractivity contribution >= 4 is 22.6 Å².